The van der Waals surface area contributed by atoms with Crippen molar-refractivity contribution in [3.05, 3.63) is 53.6 Å². The second kappa shape index (κ2) is 7.25. The number of hydrogen-bond acceptors (Lipinski definition) is 3. The van der Waals surface area contributed by atoms with E-state index in [0.717, 1.165) is 24.3 Å². The van der Waals surface area contributed by atoms with E-state index in [2.05, 4.69) is 55.4 Å². The maximum Gasteiger partial charge on any atom is 0.126 e. The number of nitrogens with two attached hydrogens (primary N) is 1. The minimum Gasteiger partial charge on any atom is -0.496 e. The first-order chi connectivity index (χ1) is 10.1. The molecule has 3 nitrogen and oxygen atoms in total. The van der Waals surface area contributed by atoms with Crippen LogP contribution in [0.3, 0.4) is 0 Å². The zero-order valence-corrected chi connectivity index (χ0v) is 13.1. The van der Waals surface area contributed by atoms with Gasteiger partial charge in [0, 0.05) is 12.1 Å². The molecular weight excluding hydrogens is 260 g/mol. The number of benzene rings is 2. The molecule has 0 saturated carbocycles. The van der Waals surface area contributed by atoms with Crippen LogP contribution in [-0.4, -0.2) is 32.6 Å². The molecule has 112 valence electrons. The van der Waals surface area contributed by atoms with Gasteiger partial charge in [0.25, 0.3) is 0 Å². The summed E-state index contributed by atoms with van der Waals surface area (Å²) in [5.74, 6) is 0.901. The van der Waals surface area contributed by atoms with Gasteiger partial charge < -0.3 is 15.4 Å². The number of ether oxygens (including phenoxy) is 1. The summed E-state index contributed by atoms with van der Waals surface area (Å²) in [6, 6.07) is 14.9. The van der Waals surface area contributed by atoms with Gasteiger partial charge in [0.2, 0.25) is 0 Å². The van der Waals surface area contributed by atoms with Crippen LogP contribution in [-0.2, 0) is 13.0 Å². The molecule has 0 bridgehead atoms. The van der Waals surface area contributed by atoms with E-state index in [1.807, 2.05) is 6.07 Å². The van der Waals surface area contributed by atoms with Crippen LogP contribution in [0.25, 0.3) is 11.1 Å². The summed E-state index contributed by atoms with van der Waals surface area (Å²) in [5.41, 5.74) is 10.5. The zero-order chi connectivity index (χ0) is 15.2. The first kappa shape index (κ1) is 15.5. The van der Waals surface area contributed by atoms with Crippen LogP contribution in [0.2, 0.25) is 0 Å². The average Bonchev–Trinajstić information content (AvgIpc) is 2.47. The molecular formula is C18H24N2O. The molecule has 0 fully saturated rings. The molecule has 0 amide bonds. The number of nitrogens with zero attached hydrogens (tertiary/aromatic N) is 1. The Hall–Kier alpha value is -1.84. The second-order valence-electron chi connectivity index (χ2n) is 5.51. The highest BCUT2D eigenvalue weighted by atomic mass is 16.5. The molecule has 3 heteroatoms. The lowest BCUT2D eigenvalue weighted by Gasteiger charge is -2.14. The Bertz CT molecular complexity index is 594. The predicted octanol–water partition coefficient (Wildman–Crippen LogP) is 2.93. The van der Waals surface area contributed by atoms with E-state index in [1.54, 1.807) is 7.11 Å². The van der Waals surface area contributed by atoms with Crippen LogP contribution in [0.1, 0.15) is 11.1 Å². The van der Waals surface area contributed by atoms with Gasteiger partial charge in [-0.25, -0.2) is 0 Å². The quantitative estimate of drug-likeness (QED) is 0.886. The second-order valence-corrected chi connectivity index (χ2v) is 5.51. The maximum absolute atomic E-state index is 5.66. The van der Waals surface area contributed by atoms with Gasteiger partial charge in [-0.3, -0.25) is 0 Å². The van der Waals surface area contributed by atoms with Gasteiger partial charge in [-0.1, -0.05) is 24.3 Å². The highest BCUT2D eigenvalue weighted by molar-refractivity contribution is 5.71. The lowest BCUT2D eigenvalue weighted by molar-refractivity contribution is 0.402. The molecule has 21 heavy (non-hydrogen) atoms. The Morgan fingerprint density at radius 2 is 1.86 bits per heavy atom. The fraction of sp³-hybridized carbons (Fsp3) is 0.333. The summed E-state index contributed by atoms with van der Waals surface area (Å²) in [6.07, 6.45) is 0.883. The van der Waals surface area contributed by atoms with Crippen molar-refractivity contribution in [2.24, 2.45) is 5.73 Å². The Morgan fingerprint density at radius 3 is 2.52 bits per heavy atom. The van der Waals surface area contributed by atoms with Gasteiger partial charge >= 0.3 is 0 Å². The lowest BCUT2D eigenvalue weighted by Crippen LogP contribution is -2.10. The molecule has 0 spiro atoms. The Morgan fingerprint density at radius 1 is 1.05 bits per heavy atom. The third-order valence-corrected chi connectivity index (χ3v) is 3.43. The molecule has 0 aliphatic rings. The molecule has 2 rings (SSSR count). The molecule has 0 heterocycles. The van der Waals surface area contributed by atoms with E-state index in [-0.39, 0.29) is 0 Å². The van der Waals surface area contributed by atoms with Crippen molar-refractivity contribution in [2.45, 2.75) is 13.0 Å². The third kappa shape index (κ3) is 4.06. The summed E-state index contributed by atoms with van der Waals surface area (Å²) >= 11 is 0. The fourth-order valence-corrected chi connectivity index (χ4v) is 2.51. The van der Waals surface area contributed by atoms with Gasteiger partial charge in [-0.2, -0.15) is 0 Å². The summed E-state index contributed by atoms with van der Waals surface area (Å²) in [5, 5.41) is 0. The molecule has 2 aromatic carbocycles. The molecule has 0 unspecified atom stereocenters. The Labute approximate surface area is 127 Å². The molecule has 2 N–H and O–H groups in total. The predicted molar refractivity (Wildman–Crippen MR) is 88.6 cm³/mol. The lowest BCUT2D eigenvalue weighted by atomic mass is 9.99. The van der Waals surface area contributed by atoms with Crippen molar-refractivity contribution in [3.8, 4) is 16.9 Å². The van der Waals surface area contributed by atoms with Gasteiger partial charge in [-0.15, -0.1) is 0 Å². The monoisotopic (exact) mass is 284 g/mol. The van der Waals surface area contributed by atoms with Crippen LogP contribution < -0.4 is 10.5 Å². The van der Waals surface area contributed by atoms with Crippen molar-refractivity contribution in [1.29, 1.82) is 0 Å². The Kier molecular flexibility index (Phi) is 5.37. The van der Waals surface area contributed by atoms with Crippen molar-refractivity contribution in [2.75, 3.05) is 27.7 Å². The van der Waals surface area contributed by atoms with E-state index in [9.17, 15) is 0 Å². The summed E-state index contributed by atoms with van der Waals surface area (Å²) in [6.45, 7) is 1.59. The average molecular weight is 284 g/mol. The van der Waals surface area contributed by atoms with Crippen molar-refractivity contribution in [1.82, 2.24) is 4.90 Å². The molecule has 0 atom stereocenters. The summed E-state index contributed by atoms with van der Waals surface area (Å²) < 4.78 is 5.51. The largest absolute Gasteiger partial charge is 0.496 e. The first-order valence-corrected chi connectivity index (χ1v) is 7.25. The smallest absolute Gasteiger partial charge is 0.126 e. The molecule has 0 aromatic heterocycles. The molecule has 0 aliphatic heterocycles. The molecule has 0 saturated heterocycles. The number of hydrogen-bond donors (Lipinski definition) is 1. The maximum atomic E-state index is 5.66. The van der Waals surface area contributed by atoms with E-state index < -0.39 is 0 Å². The summed E-state index contributed by atoms with van der Waals surface area (Å²) in [7, 11) is 5.87. The van der Waals surface area contributed by atoms with Gasteiger partial charge in [-0.05, 0) is 62.0 Å². The van der Waals surface area contributed by atoms with Crippen LogP contribution >= 0.6 is 0 Å². The molecule has 0 aliphatic carbocycles. The summed E-state index contributed by atoms with van der Waals surface area (Å²) in [4.78, 5) is 2.17. The SMILES string of the molecule is COc1ccc(CCN)cc1-c1cccc(CN(C)C)c1. The minimum absolute atomic E-state index is 0.659. The number of rotatable bonds is 6. The fourth-order valence-electron chi connectivity index (χ4n) is 2.51. The Balaban J connectivity index is 2.41. The van der Waals surface area contributed by atoms with Crippen LogP contribution in [0, 0.1) is 0 Å². The van der Waals surface area contributed by atoms with Gasteiger partial charge in [0.1, 0.15) is 5.75 Å². The van der Waals surface area contributed by atoms with Gasteiger partial charge in [0.15, 0.2) is 0 Å². The van der Waals surface area contributed by atoms with E-state index >= 15 is 0 Å². The van der Waals surface area contributed by atoms with E-state index in [0.29, 0.717) is 6.54 Å². The van der Waals surface area contributed by atoms with Crippen molar-refractivity contribution < 1.29 is 4.74 Å². The van der Waals surface area contributed by atoms with Gasteiger partial charge in [0.05, 0.1) is 7.11 Å². The minimum atomic E-state index is 0.659. The highest BCUT2D eigenvalue weighted by Gasteiger charge is 2.08. The van der Waals surface area contributed by atoms with Crippen LogP contribution in [0.4, 0.5) is 0 Å². The molecule has 0 radical (unpaired) electrons. The first-order valence-electron chi connectivity index (χ1n) is 7.25. The highest BCUT2D eigenvalue weighted by Crippen LogP contribution is 2.31. The standard InChI is InChI=1S/C18H24N2O/c1-20(2)13-15-5-4-6-16(11-15)17-12-14(9-10-19)7-8-18(17)21-3/h4-8,11-12H,9-10,13,19H2,1-3H3. The van der Waals surface area contributed by atoms with E-state index in [1.165, 1.54) is 16.7 Å². The van der Waals surface area contributed by atoms with E-state index in [4.69, 9.17) is 10.5 Å². The zero-order valence-electron chi connectivity index (χ0n) is 13.1. The van der Waals surface area contributed by atoms with Crippen LogP contribution in [0.5, 0.6) is 5.75 Å². The van der Waals surface area contributed by atoms with Crippen molar-refractivity contribution in [3.63, 3.8) is 0 Å². The third-order valence-electron chi connectivity index (χ3n) is 3.43. The molecule has 2 aromatic rings. The topological polar surface area (TPSA) is 38.5 Å². The number of methoxy groups -OCH3 is 1. The van der Waals surface area contributed by atoms with Crippen LogP contribution in [0.15, 0.2) is 42.5 Å². The van der Waals surface area contributed by atoms with Crippen molar-refractivity contribution >= 4 is 0 Å². The normalized spacial score (nSPS) is 10.9.